The lowest BCUT2D eigenvalue weighted by Crippen LogP contribution is -2.36. The number of hydrogen-bond donors (Lipinski definition) is 0. The smallest absolute Gasteiger partial charge is 0.0596 e. The lowest BCUT2D eigenvalue weighted by atomic mass is 10.2. The molecule has 4 nitrogen and oxygen atoms in total. The third-order valence-corrected chi connectivity index (χ3v) is 5.91. The summed E-state index contributed by atoms with van der Waals surface area (Å²) in [4.78, 5) is 3.42. The van der Waals surface area contributed by atoms with E-state index >= 15 is 0 Å². The molecule has 2 heterocycles. The summed E-state index contributed by atoms with van der Waals surface area (Å²) in [5.74, 6) is 0.706. The molecule has 1 saturated heterocycles. The molecule has 5 heteroatoms. The standard InChI is InChI=1S/C18H25N3OS/c1-15-13-16(2)21(19-15)14-17-7-6-10-20(17)11-12-23(22)18-8-4-3-5-9-18/h3-5,8-9,13,17H,6-7,10-12,14H2,1-2H3/t17-,23-/m1/s1. The third-order valence-electron chi connectivity index (χ3n) is 4.56. The van der Waals surface area contributed by atoms with Gasteiger partial charge < -0.3 is 0 Å². The van der Waals surface area contributed by atoms with Crippen LogP contribution in [0.4, 0.5) is 0 Å². The van der Waals surface area contributed by atoms with Crippen molar-refractivity contribution in [2.75, 3.05) is 18.8 Å². The Labute approximate surface area is 141 Å². The first-order valence-electron chi connectivity index (χ1n) is 8.32. The van der Waals surface area contributed by atoms with Gasteiger partial charge in [-0.15, -0.1) is 0 Å². The van der Waals surface area contributed by atoms with Crippen molar-refractivity contribution in [3.63, 3.8) is 0 Å². The van der Waals surface area contributed by atoms with E-state index in [9.17, 15) is 4.21 Å². The Bertz CT molecular complexity index is 668. The topological polar surface area (TPSA) is 38.1 Å². The van der Waals surface area contributed by atoms with E-state index in [0.717, 1.165) is 30.2 Å². The van der Waals surface area contributed by atoms with Crippen molar-refractivity contribution in [1.29, 1.82) is 0 Å². The number of aryl methyl sites for hydroxylation is 2. The highest BCUT2D eigenvalue weighted by Gasteiger charge is 2.25. The first-order valence-corrected chi connectivity index (χ1v) is 9.64. The van der Waals surface area contributed by atoms with Crippen LogP contribution >= 0.6 is 0 Å². The van der Waals surface area contributed by atoms with Gasteiger partial charge in [-0.2, -0.15) is 5.10 Å². The average molecular weight is 331 g/mol. The predicted octanol–water partition coefficient (Wildman–Crippen LogP) is 2.77. The molecule has 0 saturated carbocycles. The van der Waals surface area contributed by atoms with Crippen LogP contribution in [0.5, 0.6) is 0 Å². The Hall–Kier alpha value is -1.46. The molecule has 3 rings (SSSR count). The van der Waals surface area contributed by atoms with Crippen molar-refractivity contribution >= 4 is 10.8 Å². The van der Waals surface area contributed by atoms with Crippen LogP contribution in [-0.2, 0) is 17.3 Å². The highest BCUT2D eigenvalue weighted by atomic mass is 32.2. The van der Waals surface area contributed by atoms with Gasteiger partial charge in [-0.1, -0.05) is 18.2 Å². The van der Waals surface area contributed by atoms with E-state index in [1.165, 1.54) is 18.5 Å². The zero-order valence-electron chi connectivity index (χ0n) is 13.9. The number of benzene rings is 1. The van der Waals surface area contributed by atoms with E-state index < -0.39 is 10.8 Å². The maximum atomic E-state index is 12.4. The van der Waals surface area contributed by atoms with Gasteiger partial charge in [0.2, 0.25) is 0 Å². The monoisotopic (exact) mass is 331 g/mol. The van der Waals surface area contributed by atoms with Gasteiger partial charge in [0.1, 0.15) is 0 Å². The molecule has 1 fully saturated rings. The fraction of sp³-hybridized carbons (Fsp3) is 0.500. The number of nitrogens with zero attached hydrogens (tertiary/aromatic N) is 3. The van der Waals surface area contributed by atoms with Crippen LogP contribution in [0.25, 0.3) is 0 Å². The molecule has 1 aromatic heterocycles. The van der Waals surface area contributed by atoms with Crippen LogP contribution < -0.4 is 0 Å². The van der Waals surface area contributed by atoms with Gasteiger partial charge in [-0.25, -0.2) is 0 Å². The van der Waals surface area contributed by atoms with Crippen LogP contribution in [0.2, 0.25) is 0 Å². The minimum absolute atomic E-state index is 0.515. The van der Waals surface area contributed by atoms with Crippen molar-refractivity contribution in [3.8, 4) is 0 Å². The van der Waals surface area contributed by atoms with E-state index in [1.54, 1.807) is 0 Å². The number of aromatic nitrogens is 2. The van der Waals surface area contributed by atoms with Crippen LogP contribution in [0.3, 0.4) is 0 Å². The van der Waals surface area contributed by atoms with Gasteiger partial charge >= 0.3 is 0 Å². The molecule has 2 atom stereocenters. The maximum Gasteiger partial charge on any atom is 0.0596 e. The maximum absolute atomic E-state index is 12.4. The normalized spacial score (nSPS) is 20.0. The molecule has 1 aromatic carbocycles. The van der Waals surface area contributed by atoms with Crippen molar-refractivity contribution < 1.29 is 4.21 Å². The molecular formula is C18H25N3OS. The molecular weight excluding hydrogens is 306 g/mol. The lowest BCUT2D eigenvalue weighted by Gasteiger charge is -2.24. The Balaban J connectivity index is 1.57. The number of rotatable bonds is 6. The highest BCUT2D eigenvalue weighted by Crippen LogP contribution is 2.20. The Morgan fingerprint density at radius 1 is 1.26 bits per heavy atom. The van der Waals surface area contributed by atoms with Crippen LogP contribution in [0.1, 0.15) is 24.2 Å². The van der Waals surface area contributed by atoms with Gasteiger partial charge in [0.25, 0.3) is 0 Å². The molecule has 0 bridgehead atoms. The molecule has 23 heavy (non-hydrogen) atoms. The minimum Gasteiger partial charge on any atom is -0.298 e. The largest absolute Gasteiger partial charge is 0.298 e. The average Bonchev–Trinajstić information content (AvgIpc) is 3.12. The van der Waals surface area contributed by atoms with Crippen molar-refractivity contribution in [3.05, 3.63) is 47.8 Å². The Kier molecular flexibility index (Phi) is 5.28. The van der Waals surface area contributed by atoms with Gasteiger partial charge in [-0.3, -0.25) is 13.8 Å². The molecule has 1 aliphatic rings. The van der Waals surface area contributed by atoms with E-state index in [1.807, 2.05) is 37.3 Å². The van der Waals surface area contributed by atoms with Gasteiger partial charge in [-0.05, 0) is 51.4 Å². The summed E-state index contributed by atoms with van der Waals surface area (Å²) < 4.78 is 14.5. The summed E-state index contributed by atoms with van der Waals surface area (Å²) in [5, 5.41) is 4.58. The summed E-state index contributed by atoms with van der Waals surface area (Å²) in [6, 6.07) is 12.4. The lowest BCUT2D eigenvalue weighted by molar-refractivity contribution is 0.238. The highest BCUT2D eigenvalue weighted by molar-refractivity contribution is 7.85. The van der Waals surface area contributed by atoms with Gasteiger partial charge in [0, 0.05) is 28.9 Å². The molecule has 0 aliphatic carbocycles. The summed E-state index contributed by atoms with van der Waals surface area (Å²) >= 11 is 0. The molecule has 1 aliphatic heterocycles. The summed E-state index contributed by atoms with van der Waals surface area (Å²) in [6.07, 6.45) is 2.43. The van der Waals surface area contributed by atoms with Gasteiger partial charge in [0.05, 0.1) is 23.0 Å². The molecule has 124 valence electrons. The summed E-state index contributed by atoms with van der Waals surface area (Å²) in [6.45, 7) is 7.10. The fourth-order valence-corrected chi connectivity index (χ4v) is 4.44. The zero-order valence-corrected chi connectivity index (χ0v) is 14.8. The quantitative estimate of drug-likeness (QED) is 0.817. The van der Waals surface area contributed by atoms with Crippen molar-refractivity contribution in [2.24, 2.45) is 0 Å². The second-order valence-corrected chi connectivity index (χ2v) is 7.87. The molecule has 0 radical (unpaired) electrons. The fourth-order valence-electron chi connectivity index (χ4n) is 3.35. The van der Waals surface area contributed by atoms with E-state index in [2.05, 4.69) is 27.7 Å². The van der Waals surface area contributed by atoms with Crippen LogP contribution in [0, 0.1) is 13.8 Å². The zero-order chi connectivity index (χ0) is 16.2. The SMILES string of the molecule is Cc1cc(C)n(C[C@H]2CCCN2CC[S@@](=O)c2ccccc2)n1. The van der Waals surface area contributed by atoms with E-state index in [0.29, 0.717) is 11.8 Å². The molecule has 0 unspecified atom stereocenters. The van der Waals surface area contributed by atoms with Gasteiger partial charge in [0.15, 0.2) is 0 Å². The van der Waals surface area contributed by atoms with E-state index in [-0.39, 0.29) is 0 Å². The number of hydrogen-bond acceptors (Lipinski definition) is 3. The first-order chi connectivity index (χ1) is 11.1. The predicted molar refractivity (Wildman–Crippen MR) is 94.0 cm³/mol. The van der Waals surface area contributed by atoms with Crippen molar-refractivity contribution in [1.82, 2.24) is 14.7 Å². The van der Waals surface area contributed by atoms with Crippen molar-refractivity contribution in [2.45, 2.75) is 44.2 Å². The Morgan fingerprint density at radius 2 is 2.04 bits per heavy atom. The van der Waals surface area contributed by atoms with Crippen LogP contribution in [0.15, 0.2) is 41.3 Å². The Morgan fingerprint density at radius 3 is 2.74 bits per heavy atom. The molecule has 0 N–H and O–H groups in total. The minimum atomic E-state index is -0.905. The van der Waals surface area contributed by atoms with E-state index in [4.69, 9.17) is 0 Å². The molecule has 2 aromatic rings. The summed E-state index contributed by atoms with van der Waals surface area (Å²) in [7, 11) is -0.905. The second-order valence-electron chi connectivity index (χ2n) is 6.30. The molecule has 0 amide bonds. The first kappa shape index (κ1) is 16.4. The molecule has 0 spiro atoms. The van der Waals surface area contributed by atoms with Crippen LogP contribution in [-0.4, -0.2) is 43.8 Å². The second kappa shape index (κ2) is 7.41. The summed E-state index contributed by atoms with van der Waals surface area (Å²) in [5.41, 5.74) is 2.31. The third kappa shape index (κ3) is 4.09. The number of likely N-dealkylation sites (tertiary alicyclic amines) is 1.